The topological polar surface area (TPSA) is 46.2 Å². The van der Waals surface area contributed by atoms with Gasteiger partial charge in [0.1, 0.15) is 18.3 Å². The van der Waals surface area contributed by atoms with Gasteiger partial charge in [-0.3, -0.25) is 0 Å². The predicted octanol–water partition coefficient (Wildman–Crippen LogP) is 3.43. The first-order valence-electron chi connectivity index (χ1n) is 8.94. The molecule has 3 aliphatic heterocycles. The van der Waals surface area contributed by atoms with Gasteiger partial charge in [0.05, 0.1) is 18.8 Å². The van der Waals surface area contributed by atoms with Crippen LogP contribution in [0.15, 0.2) is 30.3 Å². The Kier molecular flexibility index (Phi) is 5.37. The average molecular weight is 460 g/mol. The second kappa shape index (κ2) is 7.40. The van der Waals surface area contributed by atoms with Gasteiger partial charge >= 0.3 is 0 Å². The van der Waals surface area contributed by atoms with Crippen LogP contribution in [0.1, 0.15) is 32.3 Å². The first kappa shape index (κ1) is 18.1. The molecule has 3 fully saturated rings. The third-order valence-electron chi connectivity index (χ3n) is 4.99. The molecule has 5 nitrogen and oxygen atoms in total. The molecule has 6 heteroatoms. The molecule has 0 N–H and O–H groups in total. The van der Waals surface area contributed by atoms with E-state index < -0.39 is 5.79 Å². The Balaban J connectivity index is 1.48. The third kappa shape index (κ3) is 3.89. The molecule has 0 radical (unpaired) electrons. The molecule has 3 heterocycles. The lowest BCUT2D eigenvalue weighted by Gasteiger charge is -2.29. The summed E-state index contributed by atoms with van der Waals surface area (Å²) in [5.74, 6) is -0.643. The van der Waals surface area contributed by atoms with Crippen LogP contribution in [0, 0.1) is 0 Å². The van der Waals surface area contributed by atoms with E-state index in [-0.39, 0.29) is 30.7 Å². The highest BCUT2D eigenvalue weighted by atomic mass is 127. The van der Waals surface area contributed by atoms with Gasteiger partial charge in [-0.1, -0.05) is 52.9 Å². The Morgan fingerprint density at radius 3 is 2.60 bits per heavy atom. The summed E-state index contributed by atoms with van der Waals surface area (Å²) < 4.78 is 31.7. The molecule has 25 heavy (non-hydrogen) atoms. The van der Waals surface area contributed by atoms with Gasteiger partial charge in [-0.05, 0) is 32.3 Å². The molecule has 6 atom stereocenters. The smallest absolute Gasteiger partial charge is 0.190 e. The first-order valence-corrected chi connectivity index (χ1v) is 10.5. The molecule has 0 aromatic heterocycles. The number of rotatable bonds is 5. The van der Waals surface area contributed by atoms with Crippen molar-refractivity contribution in [3.63, 3.8) is 0 Å². The minimum Gasteiger partial charge on any atom is -0.371 e. The molecule has 0 spiro atoms. The molecule has 0 amide bonds. The lowest BCUT2D eigenvalue weighted by Crippen LogP contribution is -2.42. The molecular weight excluding hydrogens is 435 g/mol. The van der Waals surface area contributed by atoms with Crippen molar-refractivity contribution in [1.82, 2.24) is 0 Å². The van der Waals surface area contributed by atoms with Crippen LogP contribution in [0.5, 0.6) is 0 Å². The van der Waals surface area contributed by atoms with Gasteiger partial charge in [0.2, 0.25) is 0 Å². The SMILES string of the molecule is CC1(C)O[C@H]2O[C@H]([C@H]3CCC(CI)O3)[C@H](OCc3ccccc3)[C@H]2O1. The van der Waals surface area contributed by atoms with Crippen LogP contribution in [0.3, 0.4) is 0 Å². The van der Waals surface area contributed by atoms with Crippen molar-refractivity contribution < 1.29 is 23.7 Å². The van der Waals surface area contributed by atoms with Crippen LogP contribution in [-0.2, 0) is 30.3 Å². The third-order valence-corrected chi connectivity index (χ3v) is 5.97. The number of ether oxygens (including phenoxy) is 5. The van der Waals surface area contributed by atoms with Crippen molar-refractivity contribution in [3.8, 4) is 0 Å². The summed E-state index contributed by atoms with van der Waals surface area (Å²) >= 11 is 2.38. The van der Waals surface area contributed by atoms with Crippen LogP contribution < -0.4 is 0 Å². The summed E-state index contributed by atoms with van der Waals surface area (Å²) in [7, 11) is 0. The van der Waals surface area contributed by atoms with Gasteiger partial charge in [-0.15, -0.1) is 0 Å². The van der Waals surface area contributed by atoms with Crippen LogP contribution in [0.2, 0.25) is 0 Å². The Morgan fingerprint density at radius 1 is 1.08 bits per heavy atom. The van der Waals surface area contributed by atoms with Gasteiger partial charge in [-0.25, -0.2) is 0 Å². The van der Waals surface area contributed by atoms with Crippen LogP contribution in [0.25, 0.3) is 0 Å². The zero-order valence-electron chi connectivity index (χ0n) is 14.6. The summed E-state index contributed by atoms with van der Waals surface area (Å²) in [6.07, 6.45) is 1.47. The average Bonchev–Trinajstić information content (AvgIpc) is 3.26. The van der Waals surface area contributed by atoms with Gasteiger partial charge in [0.25, 0.3) is 0 Å². The van der Waals surface area contributed by atoms with E-state index in [1.807, 2.05) is 32.0 Å². The van der Waals surface area contributed by atoms with Crippen molar-refractivity contribution in [3.05, 3.63) is 35.9 Å². The van der Waals surface area contributed by atoms with Crippen molar-refractivity contribution in [2.75, 3.05) is 4.43 Å². The minimum absolute atomic E-state index is 0.0430. The summed E-state index contributed by atoms with van der Waals surface area (Å²) in [6.45, 7) is 4.35. The highest BCUT2D eigenvalue weighted by Crippen LogP contribution is 2.42. The predicted molar refractivity (Wildman–Crippen MR) is 100 cm³/mol. The Labute approximate surface area is 162 Å². The molecule has 3 saturated heterocycles. The molecule has 0 saturated carbocycles. The summed E-state index contributed by atoms with van der Waals surface area (Å²) in [5, 5.41) is 0. The van der Waals surface area contributed by atoms with E-state index in [0.717, 1.165) is 22.8 Å². The highest BCUT2D eigenvalue weighted by molar-refractivity contribution is 14.1. The lowest BCUT2D eigenvalue weighted by atomic mass is 10.0. The van der Waals surface area contributed by atoms with E-state index in [2.05, 4.69) is 34.7 Å². The minimum atomic E-state index is -0.643. The number of benzene rings is 1. The zero-order valence-corrected chi connectivity index (χ0v) is 16.8. The quantitative estimate of drug-likeness (QED) is 0.498. The lowest BCUT2D eigenvalue weighted by molar-refractivity contribution is -0.232. The molecular formula is C19H25IO5. The van der Waals surface area contributed by atoms with Crippen molar-refractivity contribution in [2.24, 2.45) is 0 Å². The zero-order chi connectivity index (χ0) is 17.4. The molecule has 3 aliphatic rings. The normalized spacial score (nSPS) is 39.6. The van der Waals surface area contributed by atoms with Gasteiger partial charge in [0, 0.05) is 4.43 Å². The second-order valence-corrected chi connectivity index (χ2v) is 8.24. The van der Waals surface area contributed by atoms with Crippen LogP contribution in [-0.4, -0.2) is 47.0 Å². The highest BCUT2D eigenvalue weighted by Gasteiger charge is 2.58. The standard InChI is InChI=1S/C19H25IO5/c1-19(2)24-17-16(21-11-12-6-4-3-5-7-12)15(23-18(17)25-19)14-9-8-13(10-20)22-14/h3-7,13-18H,8-11H2,1-2H3/t13?,14-,15-,16+,17-,18-/m1/s1. The molecule has 0 bridgehead atoms. The fourth-order valence-electron chi connectivity index (χ4n) is 3.85. The molecule has 138 valence electrons. The fourth-order valence-corrected chi connectivity index (χ4v) is 4.50. The molecule has 0 aliphatic carbocycles. The molecule has 1 aromatic carbocycles. The van der Waals surface area contributed by atoms with Gasteiger partial charge in [-0.2, -0.15) is 0 Å². The van der Waals surface area contributed by atoms with Gasteiger partial charge in [0.15, 0.2) is 12.1 Å². The second-order valence-electron chi connectivity index (χ2n) is 7.36. The monoisotopic (exact) mass is 460 g/mol. The summed E-state index contributed by atoms with van der Waals surface area (Å²) in [5.41, 5.74) is 1.14. The first-order chi connectivity index (χ1) is 12.1. The van der Waals surface area contributed by atoms with E-state index in [1.54, 1.807) is 0 Å². The van der Waals surface area contributed by atoms with Crippen molar-refractivity contribution >= 4 is 22.6 Å². The maximum Gasteiger partial charge on any atom is 0.190 e. The largest absolute Gasteiger partial charge is 0.371 e. The molecule has 4 rings (SSSR count). The van der Waals surface area contributed by atoms with Crippen LogP contribution in [0.4, 0.5) is 0 Å². The Morgan fingerprint density at radius 2 is 1.88 bits per heavy atom. The fraction of sp³-hybridized carbons (Fsp3) is 0.684. The number of hydrogen-bond donors (Lipinski definition) is 0. The number of halogens is 1. The molecule has 1 unspecified atom stereocenters. The van der Waals surface area contributed by atoms with E-state index >= 15 is 0 Å². The maximum atomic E-state index is 6.28. The van der Waals surface area contributed by atoms with Crippen molar-refractivity contribution in [1.29, 1.82) is 0 Å². The van der Waals surface area contributed by atoms with E-state index in [1.165, 1.54) is 0 Å². The van der Waals surface area contributed by atoms with E-state index in [4.69, 9.17) is 23.7 Å². The number of fused-ring (bicyclic) bond motifs is 1. The Hall–Kier alpha value is -0.250. The summed E-state index contributed by atoms with van der Waals surface area (Å²) in [4.78, 5) is 0. The maximum absolute atomic E-state index is 6.28. The summed E-state index contributed by atoms with van der Waals surface area (Å²) in [6, 6.07) is 10.2. The van der Waals surface area contributed by atoms with Crippen LogP contribution >= 0.6 is 22.6 Å². The van der Waals surface area contributed by atoms with Gasteiger partial charge < -0.3 is 23.7 Å². The number of hydrogen-bond acceptors (Lipinski definition) is 5. The van der Waals surface area contributed by atoms with Crippen molar-refractivity contribution in [2.45, 2.75) is 75.9 Å². The van der Waals surface area contributed by atoms with E-state index in [9.17, 15) is 0 Å². The van der Waals surface area contributed by atoms with E-state index in [0.29, 0.717) is 12.7 Å². The Bertz CT molecular complexity index is 580. The number of alkyl halides is 1. The molecule has 1 aromatic rings.